The molecule has 3 aromatic rings. The number of rotatable bonds is 3. The van der Waals surface area contributed by atoms with Crippen LogP contribution in [0.4, 0.5) is 5.69 Å². The maximum absolute atomic E-state index is 12.6. The number of nitrogens with one attached hydrogen (secondary N) is 1. The summed E-state index contributed by atoms with van der Waals surface area (Å²) in [6.07, 6.45) is 0. The van der Waals surface area contributed by atoms with E-state index in [9.17, 15) is 4.79 Å². The largest absolute Gasteiger partial charge is 0.492 e. The molecule has 0 atom stereocenters. The molecule has 1 heterocycles. The van der Waals surface area contributed by atoms with Crippen LogP contribution in [0.15, 0.2) is 66.7 Å². The van der Waals surface area contributed by atoms with E-state index in [1.165, 1.54) is 0 Å². The molecule has 4 heteroatoms. The Morgan fingerprint density at radius 3 is 2.76 bits per heavy atom. The van der Waals surface area contributed by atoms with Crippen LogP contribution in [0.3, 0.4) is 0 Å². The number of fused-ring (bicyclic) bond motifs is 2. The van der Waals surface area contributed by atoms with E-state index in [0.29, 0.717) is 13.2 Å². The molecule has 0 aromatic heterocycles. The molecule has 0 bridgehead atoms. The molecule has 1 N–H and O–H groups in total. The van der Waals surface area contributed by atoms with E-state index in [-0.39, 0.29) is 5.91 Å². The monoisotopic (exact) mass is 332 g/mol. The molecule has 0 aliphatic carbocycles. The summed E-state index contributed by atoms with van der Waals surface area (Å²) in [4.78, 5) is 14.7. The van der Waals surface area contributed by atoms with Gasteiger partial charge >= 0.3 is 0 Å². The summed E-state index contributed by atoms with van der Waals surface area (Å²) >= 11 is 0. The first-order valence-corrected chi connectivity index (χ1v) is 8.50. The molecule has 4 rings (SSSR count). The van der Waals surface area contributed by atoms with Crippen LogP contribution in [-0.4, -0.2) is 30.5 Å². The third-order valence-corrected chi connectivity index (χ3v) is 4.46. The predicted octanol–water partition coefficient (Wildman–Crippen LogP) is 3.67. The number of hydrogen-bond acceptors (Lipinski definition) is 3. The highest BCUT2D eigenvalue weighted by Gasteiger charge is 2.17. The zero-order valence-electron chi connectivity index (χ0n) is 13.9. The Morgan fingerprint density at radius 1 is 1.00 bits per heavy atom. The van der Waals surface area contributed by atoms with Crippen molar-refractivity contribution in [3.63, 3.8) is 0 Å². The molecule has 0 saturated heterocycles. The third-order valence-electron chi connectivity index (χ3n) is 4.46. The van der Waals surface area contributed by atoms with Crippen LogP contribution in [0, 0.1) is 0 Å². The van der Waals surface area contributed by atoms with Crippen LogP contribution < -0.4 is 10.1 Å². The average Bonchev–Trinajstić information content (AvgIpc) is 2.83. The molecule has 1 amide bonds. The highest BCUT2D eigenvalue weighted by molar-refractivity contribution is 6.02. The Morgan fingerprint density at radius 2 is 1.80 bits per heavy atom. The lowest BCUT2D eigenvalue weighted by molar-refractivity contribution is -0.117. The van der Waals surface area contributed by atoms with Gasteiger partial charge in [0.25, 0.3) is 0 Å². The highest BCUT2D eigenvalue weighted by Crippen LogP contribution is 2.24. The van der Waals surface area contributed by atoms with Crippen molar-refractivity contribution >= 4 is 22.4 Å². The zero-order chi connectivity index (χ0) is 17.1. The van der Waals surface area contributed by atoms with E-state index in [0.717, 1.165) is 40.9 Å². The molecule has 0 unspecified atom stereocenters. The number of anilines is 1. The second-order valence-corrected chi connectivity index (χ2v) is 6.24. The van der Waals surface area contributed by atoms with Crippen molar-refractivity contribution in [3.05, 3.63) is 72.3 Å². The Kier molecular flexibility index (Phi) is 4.36. The molecule has 0 radical (unpaired) electrons. The summed E-state index contributed by atoms with van der Waals surface area (Å²) in [5, 5.41) is 5.24. The maximum Gasteiger partial charge on any atom is 0.238 e. The first-order valence-electron chi connectivity index (χ1n) is 8.50. The van der Waals surface area contributed by atoms with Crippen LogP contribution in [0.2, 0.25) is 0 Å². The van der Waals surface area contributed by atoms with Crippen molar-refractivity contribution in [1.82, 2.24) is 4.90 Å². The van der Waals surface area contributed by atoms with Crippen molar-refractivity contribution in [1.29, 1.82) is 0 Å². The molecule has 126 valence electrons. The first kappa shape index (κ1) is 15.7. The van der Waals surface area contributed by atoms with Crippen LogP contribution in [0.1, 0.15) is 5.56 Å². The van der Waals surface area contributed by atoms with Crippen LogP contribution in [0.25, 0.3) is 10.8 Å². The molecule has 3 aromatic carbocycles. The molecular formula is C21H20N2O2. The Hall–Kier alpha value is -2.85. The van der Waals surface area contributed by atoms with Gasteiger partial charge in [-0.2, -0.15) is 0 Å². The van der Waals surface area contributed by atoms with Crippen molar-refractivity contribution in [2.24, 2.45) is 0 Å². The summed E-state index contributed by atoms with van der Waals surface area (Å²) < 4.78 is 5.76. The standard InChI is InChI=1S/C21H20N2O2/c24-21(22-19-10-5-8-16-6-1-3-9-18(16)19)15-23-12-13-25-20-11-4-2-7-17(20)14-23/h1-11H,12-15H2,(H,22,24). The van der Waals surface area contributed by atoms with Crippen molar-refractivity contribution < 1.29 is 9.53 Å². The average molecular weight is 332 g/mol. The lowest BCUT2D eigenvalue weighted by Crippen LogP contribution is -2.34. The quantitative estimate of drug-likeness (QED) is 0.796. The van der Waals surface area contributed by atoms with Gasteiger partial charge in [-0.15, -0.1) is 0 Å². The van der Waals surface area contributed by atoms with E-state index in [1.807, 2.05) is 60.7 Å². The van der Waals surface area contributed by atoms with Gasteiger partial charge in [0, 0.05) is 29.7 Å². The normalized spacial score (nSPS) is 14.4. The van der Waals surface area contributed by atoms with Gasteiger partial charge in [-0.1, -0.05) is 54.6 Å². The number of carbonyl (C=O) groups excluding carboxylic acids is 1. The minimum atomic E-state index is -0.00395. The number of hydrogen-bond donors (Lipinski definition) is 1. The van der Waals surface area contributed by atoms with Gasteiger partial charge < -0.3 is 10.1 Å². The minimum Gasteiger partial charge on any atom is -0.492 e. The lowest BCUT2D eigenvalue weighted by Gasteiger charge is -2.19. The first-order chi connectivity index (χ1) is 12.3. The number of para-hydroxylation sites is 1. The topological polar surface area (TPSA) is 41.6 Å². The zero-order valence-corrected chi connectivity index (χ0v) is 13.9. The molecule has 25 heavy (non-hydrogen) atoms. The molecule has 0 fully saturated rings. The van der Waals surface area contributed by atoms with Crippen LogP contribution in [-0.2, 0) is 11.3 Å². The summed E-state index contributed by atoms with van der Waals surface area (Å²) in [5.41, 5.74) is 1.98. The summed E-state index contributed by atoms with van der Waals surface area (Å²) in [5.74, 6) is 0.912. The Balaban J connectivity index is 1.47. The van der Waals surface area contributed by atoms with E-state index in [4.69, 9.17) is 4.74 Å². The fourth-order valence-electron chi connectivity index (χ4n) is 3.24. The van der Waals surface area contributed by atoms with Crippen LogP contribution in [0.5, 0.6) is 5.75 Å². The number of carbonyl (C=O) groups is 1. The predicted molar refractivity (Wildman–Crippen MR) is 99.8 cm³/mol. The summed E-state index contributed by atoms with van der Waals surface area (Å²) in [6.45, 7) is 2.40. The second-order valence-electron chi connectivity index (χ2n) is 6.24. The van der Waals surface area contributed by atoms with E-state index in [2.05, 4.69) is 16.3 Å². The molecular weight excluding hydrogens is 312 g/mol. The molecule has 1 aliphatic heterocycles. The van der Waals surface area contributed by atoms with Gasteiger partial charge in [-0.3, -0.25) is 9.69 Å². The van der Waals surface area contributed by atoms with E-state index < -0.39 is 0 Å². The van der Waals surface area contributed by atoms with Gasteiger partial charge in [0.2, 0.25) is 5.91 Å². The second kappa shape index (κ2) is 6.95. The van der Waals surface area contributed by atoms with Crippen LogP contribution >= 0.6 is 0 Å². The number of ether oxygens (including phenoxy) is 1. The SMILES string of the molecule is O=C(CN1CCOc2ccccc2C1)Nc1cccc2ccccc12. The summed E-state index contributed by atoms with van der Waals surface area (Å²) in [7, 11) is 0. The molecule has 0 saturated carbocycles. The van der Waals surface area contributed by atoms with Gasteiger partial charge in [0.15, 0.2) is 0 Å². The van der Waals surface area contributed by atoms with Crippen molar-refractivity contribution in [3.8, 4) is 5.75 Å². The maximum atomic E-state index is 12.6. The number of nitrogens with zero attached hydrogens (tertiary/aromatic N) is 1. The van der Waals surface area contributed by atoms with E-state index >= 15 is 0 Å². The number of benzene rings is 3. The van der Waals surface area contributed by atoms with E-state index in [1.54, 1.807) is 0 Å². The van der Waals surface area contributed by atoms with Gasteiger partial charge in [-0.25, -0.2) is 0 Å². The molecule has 4 nitrogen and oxygen atoms in total. The van der Waals surface area contributed by atoms with Gasteiger partial charge in [0.1, 0.15) is 12.4 Å². The Bertz CT molecular complexity index is 902. The molecule has 0 spiro atoms. The van der Waals surface area contributed by atoms with Gasteiger partial charge in [-0.05, 0) is 17.5 Å². The smallest absolute Gasteiger partial charge is 0.238 e. The fourth-order valence-corrected chi connectivity index (χ4v) is 3.24. The third kappa shape index (κ3) is 3.49. The van der Waals surface area contributed by atoms with Crippen molar-refractivity contribution in [2.45, 2.75) is 6.54 Å². The lowest BCUT2D eigenvalue weighted by atomic mass is 10.1. The summed E-state index contributed by atoms with van der Waals surface area (Å²) in [6, 6.07) is 22.0. The number of amides is 1. The fraction of sp³-hybridized carbons (Fsp3) is 0.190. The minimum absolute atomic E-state index is 0.00395. The Labute approximate surface area is 147 Å². The van der Waals surface area contributed by atoms with Gasteiger partial charge in [0.05, 0.1) is 6.54 Å². The molecule has 1 aliphatic rings. The van der Waals surface area contributed by atoms with Crippen molar-refractivity contribution in [2.75, 3.05) is 25.0 Å². The highest BCUT2D eigenvalue weighted by atomic mass is 16.5.